The van der Waals surface area contributed by atoms with Crippen LogP contribution in [0.1, 0.15) is 17.3 Å². The lowest BCUT2D eigenvalue weighted by Crippen LogP contribution is -2.03. The standard InChI is InChI=1S/C16H15N3O4/c1-11(8-15(20)12-4-3-7-17-10-12)18-14-6-5-13(19(21)22)9-16(14)23-2/h3-10,18H,1-2H3/b11-8+. The monoisotopic (exact) mass is 313 g/mol. The number of carbonyl (C=O) groups is 1. The Hall–Kier alpha value is -3.22. The predicted octanol–water partition coefficient (Wildman–Crippen LogP) is 3.20. The molecular formula is C16H15N3O4. The molecule has 1 heterocycles. The van der Waals surface area contributed by atoms with Crippen LogP contribution in [0.25, 0.3) is 0 Å². The molecule has 0 atom stereocenters. The van der Waals surface area contributed by atoms with Gasteiger partial charge in [0.1, 0.15) is 5.75 Å². The second kappa shape index (κ2) is 7.17. The molecule has 0 aliphatic carbocycles. The third-order valence-electron chi connectivity index (χ3n) is 3.02. The number of non-ortho nitro benzene ring substituents is 1. The van der Waals surface area contributed by atoms with Crippen molar-refractivity contribution < 1.29 is 14.5 Å². The third-order valence-corrected chi connectivity index (χ3v) is 3.02. The average molecular weight is 313 g/mol. The van der Waals surface area contributed by atoms with Gasteiger partial charge in [0.05, 0.1) is 23.8 Å². The van der Waals surface area contributed by atoms with Crippen LogP contribution in [0.15, 0.2) is 54.5 Å². The van der Waals surface area contributed by atoms with Gasteiger partial charge in [0.25, 0.3) is 5.69 Å². The van der Waals surface area contributed by atoms with Gasteiger partial charge >= 0.3 is 0 Å². The van der Waals surface area contributed by atoms with Crippen molar-refractivity contribution in [1.29, 1.82) is 0 Å². The second-order valence-electron chi connectivity index (χ2n) is 4.70. The number of carbonyl (C=O) groups excluding carboxylic acids is 1. The van der Waals surface area contributed by atoms with E-state index in [0.29, 0.717) is 22.7 Å². The number of methoxy groups -OCH3 is 1. The van der Waals surface area contributed by atoms with Crippen molar-refractivity contribution in [3.8, 4) is 5.75 Å². The summed E-state index contributed by atoms with van der Waals surface area (Å²) in [6.45, 7) is 1.72. The lowest BCUT2D eigenvalue weighted by Gasteiger charge is -2.11. The van der Waals surface area contributed by atoms with Gasteiger partial charge in [-0.05, 0) is 25.1 Å². The van der Waals surface area contributed by atoms with Crippen molar-refractivity contribution in [2.24, 2.45) is 0 Å². The number of ketones is 1. The molecule has 1 aromatic carbocycles. The number of nitro groups is 1. The third kappa shape index (κ3) is 4.13. The second-order valence-corrected chi connectivity index (χ2v) is 4.70. The fourth-order valence-corrected chi connectivity index (χ4v) is 1.93. The molecule has 0 radical (unpaired) electrons. The molecule has 0 spiro atoms. The molecule has 1 N–H and O–H groups in total. The number of benzene rings is 1. The fourth-order valence-electron chi connectivity index (χ4n) is 1.93. The summed E-state index contributed by atoms with van der Waals surface area (Å²) in [6, 6.07) is 7.57. The van der Waals surface area contributed by atoms with Crippen LogP contribution in [0.4, 0.5) is 11.4 Å². The number of ether oxygens (including phenoxy) is 1. The number of aromatic nitrogens is 1. The summed E-state index contributed by atoms with van der Waals surface area (Å²) < 4.78 is 5.14. The maximum Gasteiger partial charge on any atom is 0.273 e. The molecule has 2 aromatic rings. The predicted molar refractivity (Wildman–Crippen MR) is 85.6 cm³/mol. The van der Waals surface area contributed by atoms with E-state index >= 15 is 0 Å². The van der Waals surface area contributed by atoms with Crippen molar-refractivity contribution in [3.05, 3.63) is 70.2 Å². The summed E-state index contributed by atoms with van der Waals surface area (Å²) >= 11 is 0. The highest BCUT2D eigenvalue weighted by atomic mass is 16.6. The number of rotatable bonds is 6. The zero-order chi connectivity index (χ0) is 16.8. The van der Waals surface area contributed by atoms with Gasteiger partial charge in [0.15, 0.2) is 5.78 Å². The van der Waals surface area contributed by atoms with Gasteiger partial charge in [0, 0.05) is 35.8 Å². The van der Waals surface area contributed by atoms with E-state index in [-0.39, 0.29) is 11.5 Å². The first-order valence-electron chi connectivity index (χ1n) is 6.73. The first kappa shape index (κ1) is 16.2. The first-order valence-corrected chi connectivity index (χ1v) is 6.73. The highest BCUT2D eigenvalue weighted by Gasteiger charge is 2.12. The Morgan fingerprint density at radius 3 is 2.78 bits per heavy atom. The van der Waals surface area contributed by atoms with Gasteiger partial charge in [0.2, 0.25) is 0 Å². The largest absolute Gasteiger partial charge is 0.494 e. The Labute approximate surface area is 132 Å². The molecule has 2 rings (SSSR count). The van der Waals surface area contributed by atoms with Crippen molar-refractivity contribution in [3.63, 3.8) is 0 Å². The van der Waals surface area contributed by atoms with E-state index in [1.807, 2.05) is 0 Å². The maximum atomic E-state index is 12.1. The molecule has 0 bridgehead atoms. The lowest BCUT2D eigenvalue weighted by atomic mass is 10.1. The van der Waals surface area contributed by atoms with Gasteiger partial charge in [-0.2, -0.15) is 0 Å². The van der Waals surface area contributed by atoms with Gasteiger partial charge in [-0.25, -0.2) is 0 Å². The minimum Gasteiger partial charge on any atom is -0.494 e. The highest BCUT2D eigenvalue weighted by Crippen LogP contribution is 2.29. The maximum absolute atomic E-state index is 12.1. The number of anilines is 1. The summed E-state index contributed by atoms with van der Waals surface area (Å²) in [4.78, 5) is 26.2. The Balaban J connectivity index is 2.19. The molecule has 118 valence electrons. The number of nitrogens with zero attached hydrogens (tertiary/aromatic N) is 2. The van der Waals surface area contributed by atoms with Crippen molar-refractivity contribution in [2.75, 3.05) is 12.4 Å². The first-order chi connectivity index (χ1) is 11.0. The molecular weight excluding hydrogens is 298 g/mol. The summed E-state index contributed by atoms with van der Waals surface area (Å²) in [5, 5.41) is 13.8. The zero-order valence-corrected chi connectivity index (χ0v) is 12.6. The normalized spacial score (nSPS) is 11.0. The van der Waals surface area contributed by atoms with Crippen LogP contribution in [0, 0.1) is 10.1 Å². The van der Waals surface area contributed by atoms with Crippen molar-refractivity contribution in [1.82, 2.24) is 4.98 Å². The van der Waals surface area contributed by atoms with Gasteiger partial charge in [-0.1, -0.05) is 0 Å². The van der Waals surface area contributed by atoms with Gasteiger partial charge < -0.3 is 10.1 Å². The molecule has 7 nitrogen and oxygen atoms in total. The van der Waals surface area contributed by atoms with E-state index in [2.05, 4.69) is 10.3 Å². The number of pyridine rings is 1. The van der Waals surface area contributed by atoms with Crippen molar-refractivity contribution >= 4 is 17.2 Å². The molecule has 0 fully saturated rings. The van der Waals surface area contributed by atoms with E-state index in [4.69, 9.17) is 4.74 Å². The summed E-state index contributed by atoms with van der Waals surface area (Å²) in [6.07, 6.45) is 4.50. The Kier molecular flexibility index (Phi) is 5.03. The number of hydrogen-bond donors (Lipinski definition) is 1. The minimum absolute atomic E-state index is 0.0690. The average Bonchev–Trinajstić information content (AvgIpc) is 2.55. The van der Waals surface area contributed by atoms with Crippen LogP contribution >= 0.6 is 0 Å². The van der Waals surface area contributed by atoms with E-state index in [1.165, 1.54) is 37.6 Å². The summed E-state index contributed by atoms with van der Waals surface area (Å²) in [5.74, 6) is 0.129. The Bertz CT molecular complexity index is 757. The topological polar surface area (TPSA) is 94.4 Å². The van der Waals surface area contributed by atoms with Crippen LogP contribution < -0.4 is 10.1 Å². The van der Waals surface area contributed by atoms with E-state index in [9.17, 15) is 14.9 Å². The molecule has 7 heteroatoms. The van der Waals surface area contributed by atoms with E-state index in [1.54, 1.807) is 25.3 Å². The van der Waals surface area contributed by atoms with Crippen molar-refractivity contribution in [2.45, 2.75) is 6.92 Å². The number of nitro benzene ring substituents is 1. The molecule has 0 aliphatic heterocycles. The van der Waals surface area contributed by atoms with Gasteiger partial charge in [-0.15, -0.1) is 0 Å². The van der Waals surface area contributed by atoms with Crippen LogP contribution in [-0.4, -0.2) is 22.8 Å². The van der Waals surface area contributed by atoms with E-state index in [0.717, 1.165) is 0 Å². The van der Waals surface area contributed by atoms with E-state index < -0.39 is 4.92 Å². The number of hydrogen-bond acceptors (Lipinski definition) is 6. The fraction of sp³-hybridized carbons (Fsp3) is 0.125. The minimum atomic E-state index is -0.499. The molecule has 0 unspecified atom stereocenters. The summed E-state index contributed by atoms with van der Waals surface area (Å²) in [7, 11) is 1.42. The van der Waals surface area contributed by atoms with Gasteiger partial charge in [-0.3, -0.25) is 19.9 Å². The zero-order valence-electron chi connectivity index (χ0n) is 12.6. The molecule has 0 saturated carbocycles. The molecule has 1 aromatic heterocycles. The summed E-state index contributed by atoms with van der Waals surface area (Å²) in [5.41, 5.74) is 1.52. The molecule has 0 amide bonds. The SMILES string of the molecule is COc1cc([N+](=O)[O-])ccc1N/C(C)=C/C(=O)c1cccnc1. The molecule has 0 aliphatic rings. The Morgan fingerprint density at radius 1 is 1.39 bits per heavy atom. The smallest absolute Gasteiger partial charge is 0.273 e. The lowest BCUT2D eigenvalue weighted by molar-refractivity contribution is -0.384. The number of allylic oxidation sites excluding steroid dienone is 2. The molecule has 0 saturated heterocycles. The van der Waals surface area contributed by atoms with Crippen LogP contribution in [-0.2, 0) is 0 Å². The van der Waals surface area contributed by atoms with Crippen LogP contribution in [0.2, 0.25) is 0 Å². The molecule has 23 heavy (non-hydrogen) atoms. The number of nitrogens with one attached hydrogen (secondary N) is 1. The van der Waals surface area contributed by atoms with Crippen LogP contribution in [0.5, 0.6) is 5.75 Å². The Morgan fingerprint density at radius 2 is 2.17 bits per heavy atom. The quantitative estimate of drug-likeness (QED) is 0.381. The highest BCUT2D eigenvalue weighted by molar-refractivity contribution is 6.04. The van der Waals surface area contributed by atoms with Crippen LogP contribution in [0.3, 0.4) is 0 Å².